The normalized spacial score (nSPS) is 11.3. The lowest BCUT2D eigenvalue weighted by molar-refractivity contribution is 0.509. The largest absolute Gasteiger partial charge is 0.382 e. The van der Waals surface area contributed by atoms with Gasteiger partial charge in [0.2, 0.25) is 0 Å². The summed E-state index contributed by atoms with van der Waals surface area (Å²) in [6.07, 6.45) is 1.00. The molecule has 20 heavy (non-hydrogen) atoms. The Morgan fingerprint density at radius 2 is 1.90 bits per heavy atom. The summed E-state index contributed by atoms with van der Waals surface area (Å²) < 4.78 is 51.8. The third kappa shape index (κ3) is 2.97. The smallest absolute Gasteiger partial charge is 0.263 e. The summed E-state index contributed by atoms with van der Waals surface area (Å²) in [5, 5.41) is -0.0295. The molecule has 0 aliphatic heterocycles. The monoisotopic (exact) mass is 319 g/mol. The minimum Gasteiger partial charge on any atom is -0.382 e. The van der Waals surface area contributed by atoms with Gasteiger partial charge in [-0.3, -0.25) is 4.72 Å². The Labute approximate surface area is 118 Å². The van der Waals surface area contributed by atoms with Gasteiger partial charge >= 0.3 is 0 Å². The fourth-order valence-corrected chi connectivity index (χ4v) is 2.60. The zero-order chi connectivity index (χ0) is 14.9. The average Bonchev–Trinajstić information content (AvgIpc) is 2.37. The van der Waals surface area contributed by atoms with E-state index in [2.05, 4.69) is 9.71 Å². The molecule has 0 unspecified atom stereocenters. The highest BCUT2D eigenvalue weighted by atomic mass is 35.5. The molecule has 0 bridgehead atoms. The quantitative estimate of drug-likeness (QED) is 0.909. The van der Waals surface area contributed by atoms with Crippen LogP contribution in [0.5, 0.6) is 0 Å². The maximum absolute atomic E-state index is 13.0. The number of nitrogens with zero attached hydrogens (tertiary/aromatic N) is 1. The van der Waals surface area contributed by atoms with Crippen LogP contribution in [0.1, 0.15) is 0 Å². The maximum atomic E-state index is 13.0. The summed E-state index contributed by atoms with van der Waals surface area (Å²) in [7, 11) is -4.02. The predicted molar refractivity (Wildman–Crippen MR) is 70.8 cm³/mol. The van der Waals surface area contributed by atoms with Crippen LogP contribution in [0.3, 0.4) is 0 Å². The lowest BCUT2D eigenvalue weighted by atomic mass is 10.3. The molecule has 2 rings (SSSR count). The Morgan fingerprint density at radius 1 is 1.20 bits per heavy atom. The second-order valence-corrected chi connectivity index (χ2v) is 5.86. The molecule has 0 atom stereocenters. The number of benzene rings is 1. The molecule has 9 heteroatoms. The number of anilines is 2. The van der Waals surface area contributed by atoms with Crippen LogP contribution in [0, 0.1) is 11.6 Å². The van der Waals surface area contributed by atoms with Crippen LogP contribution >= 0.6 is 11.6 Å². The second kappa shape index (κ2) is 5.22. The zero-order valence-corrected chi connectivity index (χ0v) is 11.3. The number of nitrogens with two attached hydrogens (primary N) is 1. The summed E-state index contributed by atoms with van der Waals surface area (Å²) >= 11 is 5.68. The van der Waals surface area contributed by atoms with Gasteiger partial charge in [0.05, 0.1) is 10.7 Å². The van der Waals surface area contributed by atoms with Gasteiger partial charge in [-0.2, -0.15) is 0 Å². The molecule has 0 amide bonds. The molecule has 0 radical (unpaired) electrons. The van der Waals surface area contributed by atoms with Gasteiger partial charge in [0, 0.05) is 12.3 Å². The number of hydrogen-bond acceptors (Lipinski definition) is 4. The molecule has 1 aromatic carbocycles. The van der Waals surface area contributed by atoms with Crippen LogP contribution in [0.15, 0.2) is 35.4 Å². The molecular weight excluding hydrogens is 312 g/mol. The number of nitrogens with one attached hydrogen (secondary N) is 1. The van der Waals surface area contributed by atoms with Crippen molar-refractivity contribution in [2.24, 2.45) is 0 Å². The lowest BCUT2D eigenvalue weighted by Gasteiger charge is -2.08. The minimum absolute atomic E-state index is 0.0153. The fraction of sp³-hybridized carbons (Fsp3) is 0. The van der Waals surface area contributed by atoms with Crippen molar-refractivity contribution in [2.45, 2.75) is 4.90 Å². The number of nitrogen functional groups attached to an aromatic ring is 1. The highest BCUT2D eigenvalue weighted by Gasteiger charge is 2.17. The van der Waals surface area contributed by atoms with Crippen LogP contribution in [0.4, 0.5) is 20.3 Å². The molecule has 1 aromatic heterocycles. The molecule has 106 valence electrons. The number of halogens is 3. The van der Waals surface area contributed by atoms with E-state index in [1.54, 1.807) is 0 Å². The first-order valence-corrected chi connectivity index (χ1v) is 7.04. The van der Waals surface area contributed by atoms with Crippen molar-refractivity contribution in [2.75, 3.05) is 10.5 Å². The molecular formula is C11H8ClF2N3O2S. The summed E-state index contributed by atoms with van der Waals surface area (Å²) in [5.74, 6) is -2.26. The Hall–Kier alpha value is -1.93. The lowest BCUT2D eigenvalue weighted by Crippen LogP contribution is -2.14. The van der Waals surface area contributed by atoms with Crippen LogP contribution in [-0.4, -0.2) is 13.4 Å². The molecule has 0 fully saturated rings. The first-order chi connectivity index (χ1) is 9.29. The van der Waals surface area contributed by atoms with E-state index in [1.165, 1.54) is 0 Å². The number of pyridine rings is 1. The maximum Gasteiger partial charge on any atom is 0.263 e. The third-order valence-electron chi connectivity index (χ3n) is 2.33. The SMILES string of the molecule is Nc1ncc(S(=O)(=O)Nc2ccc(F)c(F)c2)cc1Cl. The van der Waals surface area contributed by atoms with E-state index < -0.39 is 21.7 Å². The van der Waals surface area contributed by atoms with E-state index in [1.807, 2.05) is 0 Å². The van der Waals surface area contributed by atoms with Crippen molar-refractivity contribution in [3.05, 3.63) is 47.1 Å². The van der Waals surface area contributed by atoms with Gasteiger partial charge in [0.25, 0.3) is 10.0 Å². The van der Waals surface area contributed by atoms with Gasteiger partial charge in [0.1, 0.15) is 10.7 Å². The van der Waals surface area contributed by atoms with Gasteiger partial charge < -0.3 is 5.73 Å². The van der Waals surface area contributed by atoms with E-state index in [-0.39, 0.29) is 21.4 Å². The number of aromatic nitrogens is 1. The Balaban J connectivity index is 2.35. The molecule has 1 heterocycles. The number of sulfonamides is 1. The molecule has 0 saturated carbocycles. The van der Waals surface area contributed by atoms with E-state index >= 15 is 0 Å². The first-order valence-electron chi connectivity index (χ1n) is 5.18. The summed E-state index contributed by atoms with van der Waals surface area (Å²) in [6.45, 7) is 0. The first kappa shape index (κ1) is 14.5. The van der Waals surface area contributed by atoms with Gasteiger partial charge in [-0.25, -0.2) is 22.2 Å². The fourth-order valence-electron chi connectivity index (χ4n) is 1.35. The summed E-state index contributed by atoms with van der Waals surface area (Å²) in [4.78, 5) is 3.36. The van der Waals surface area contributed by atoms with E-state index in [9.17, 15) is 17.2 Å². The highest BCUT2D eigenvalue weighted by molar-refractivity contribution is 7.92. The van der Waals surface area contributed by atoms with Crippen LogP contribution in [0.2, 0.25) is 5.02 Å². The average molecular weight is 320 g/mol. The Bertz CT molecular complexity index is 768. The molecule has 0 spiro atoms. The van der Waals surface area contributed by atoms with Crippen molar-refractivity contribution < 1.29 is 17.2 Å². The zero-order valence-electron chi connectivity index (χ0n) is 9.77. The standard InChI is InChI=1S/C11H8ClF2N3O2S/c12-8-4-7(5-16-11(8)15)20(18,19)17-6-1-2-9(13)10(14)3-6/h1-5,17H,(H2,15,16). The van der Waals surface area contributed by atoms with Crippen molar-refractivity contribution >= 4 is 33.1 Å². The van der Waals surface area contributed by atoms with Crippen molar-refractivity contribution in [1.29, 1.82) is 0 Å². The molecule has 0 aliphatic carbocycles. The van der Waals surface area contributed by atoms with Crippen molar-refractivity contribution in [3.63, 3.8) is 0 Å². The van der Waals surface area contributed by atoms with Gasteiger partial charge in [-0.15, -0.1) is 0 Å². The summed E-state index contributed by atoms with van der Waals surface area (Å²) in [6, 6.07) is 3.72. The van der Waals surface area contributed by atoms with Crippen LogP contribution in [-0.2, 0) is 10.0 Å². The predicted octanol–water partition coefficient (Wildman–Crippen LogP) is 2.40. The number of hydrogen-bond donors (Lipinski definition) is 2. The highest BCUT2D eigenvalue weighted by Crippen LogP contribution is 2.22. The van der Waals surface area contributed by atoms with E-state index in [0.717, 1.165) is 30.5 Å². The van der Waals surface area contributed by atoms with Gasteiger partial charge in [-0.1, -0.05) is 11.6 Å². The van der Waals surface area contributed by atoms with Crippen LogP contribution < -0.4 is 10.5 Å². The summed E-state index contributed by atoms with van der Waals surface area (Å²) in [5.41, 5.74) is 5.24. The van der Waals surface area contributed by atoms with Crippen molar-refractivity contribution in [1.82, 2.24) is 4.98 Å². The minimum atomic E-state index is -4.02. The van der Waals surface area contributed by atoms with Crippen molar-refractivity contribution in [3.8, 4) is 0 Å². The van der Waals surface area contributed by atoms with Gasteiger partial charge in [0.15, 0.2) is 11.6 Å². The third-order valence-corrected chi connectivity index (χ3v) is 3.98. The molecule has 5 nitrogen and oxygen atoms in total. The van der Waals surface area contributed by atoms with E-state index in [0.29, 0.717) is 0 Å². The topological polar surface area (TPSA) is 85.1 Å². The van der Waals surface area contributed by atoms with E-state index in [4.69, 9.17) is 17.3 Å². The molecule has 2 aromatic rings. The van der Waals surface area contributed by atoms with Gasteiger partial charge in [-0.05, 0) is 18.2 Å². The second-order valence-electron chi connectivity index (χ2n) is 3.77. The molecule has 3 N–H and O–H groups in total. The van der Waals surface area contributed by atoms with Crippen LogP contribution in [0.25, 0.3) is 0 Å². The Kier molecular flexibility index (Phi) is 3.78. The number of rotatable bonds is 3. The Morgan fingerprint density at radius 3 is 2.50 bits per heavy atom. The molecule has 0 saturated heterocycles. The molecule has 0 aliphatic rings.